The highest BCUT2D eigenvalue weighted by molar-refractivity contribution is 5.77. The molecule has 0 aliphatic heterocycles. The Morgan fingerprint density at radius 2 is 1.40 bits per heavy atom. The fourth-order valence-electron chi connectivity index (χ4n) is 2.73. The number of hydrogen-bond donors (Lipinski definition) is 5. The standard InChI is InChI=1S/C16H23NO4.C6H13NO2/c1-3-4-12-5-7-13(8-6-12)9-10-14(16(20)21)17-11(2)15(18)19;1-4(2)3-5(7)6(8)9/h5-8,11,14,17H,3-4,9-10H2,1-2H3,(H,18,19)(H,20,21);4-5H,3,7H2,1-2H3,(H,8,9)/t11-,14?;5-/m10/s1. The van der Waals surface area contributed by atoms with Crippen molar-refractivity contribution in [1.82, 2.24) is 5.32 Å². The second-order valence-electron chi connectivity index (χ2n) is 7.80. The number of aryl methyl sites for hydroxylation is 2. The fourth-order valence-corrected chi connectivity index (χ4v) is 2.73. The summed E-state index contributed by atoms with van der Waals surface area (Å²) in [5.74, 6) is -2.63. The first-order valence-electron chi connectivity index (χ1n) is 10.3. The SMILES string of the molecule is CC(C)C[C@H](N)C(=O)O.CCCc1ccc(CCC(N[C@H](C)C(=O)O)C(=O)O)cc1. The Hall–Kier alpha value is -2.45. The highest BCUT2D eigenvalue weighted by atomic mass is 16.4. The van der Waals surface area contributed by atoms with Gasteiger partial charge in [-0.3, -0.25) is 19.7 Å². The Balaban J connectivity index is 0.000000787. The molecule has 0 aliphatic rings. The van der Waals surface area contributed by atoms with Gasteiger partial charge < -0.3 is 21.1 Å². The first-order chi connectivity index (χ1) is 14.0. The molecule has 0 saturated heterocycles. The van der Waals surface area contributed by atoms with Crippen molar-refractivity contribution in [3.8, 4) is 0 Å². The summed E-state index contributed by atoms with van der Waals surface area (Å²) in [7, 11) is 0. The van der Waals surface area contributed by atoms with Crippen LogP contribution >= 0.6 is 0 Å². The number of carboxylic acid groups (broad SMARTS) is 3. The maximum Gasteiger partial charge on any atom is 0.320 e. The van der Waals surface area contributed by atoms with Gasteiger partial charge in [0.15, 0.2) is 0 Å². The number of nitrogens with one attached hydrogen (secondary N) is 1. The number of carbonyl (C=O) groups is 3. The van der Waals surface area contributed by atoms with E-state index in [4.69, 9.17) is 21.1 Å². The van der Waals surface area contributed by atoms with Gasteiger partial charge in [0, 0.05) is 0 Å². The van der Waals surface area contributed by atoms with E-state index in [2.05, 4.69) is 24.4 Å². The van der Waals surface area contributed by atoms with Crippen LogP contribution in [0.1, 0.15) is 58.1 Å². The molecule has 0 aliphatic carbocycles. The van der Waals surface area contributed by atoms with Crippen LogP contribution in [0.2, 0.25) is 0 Å². The van der Waals surface area contributed by atoms with Gasteiger partial charge in [-0.15, -0.1) is 0 Å². The molecule has 0 spiro atoms. The van der Waals surface area contributed by atoms with Crippen molar-refractivity contribution in [2.75, 3.05) is 0 Å². The van der Waals surface area contributed by atoms with Crippen LogP contribution in [0.25, 0.3) is 0 Å². The van der Waals surface area contributed by atoms with Gasteiger partial charge in [0.05, 0.1) is 0 Å². The molecule has 0 saturated carbocycles. The molecule has 6 N–H and O–H groups in total. The molecule has 30 heavy (non-hydrogen) atoms. The van der Waals surface area contributed by atoms with Crippen LogP contribution < -0.4 is 11.1 Å². The average molecular weight is 425 g/mol. The molecule has 8 heteroatoms. The molecule has 1 aromatic carbocycles. The number of carboxylic acids is 3. The molecule has 8 nitrogen and oxygen atoms in total. The minimum absolute atomic E-state index is 0.357. The summed E-state index contributed by atoms with van der Waals surface area (Å²) in [6.07, 6.45) is 3.64. The molecule has 0 aromatic heterocycles. The summed E-state index contributed by atoms with van der Waals surface area (Å²) in [5.41, 5.74) is 7.55. The topological polar surface area (TPSA) is 150 Å². The minimum Gasteiger partial charge on any atom is -0.480 e. The zero-order valence-corrected chi connectivity index (χ0v) is 18.3. The summed E-state index contributed by atoms with van der Waals surface area (Å²) in [6.45, 7) is 7.46. The highest BCUT2D eigenvalue weighted by Gasteiger charge is 2.22. The van der Waals surface area contributed by atoms with E-state index in [0.717, 1.165) is 18.4 Å². The Morgan fingerprint density at radius 1 is 0.900 bits per heavy atom. The monoisotopic (exact) mass is 424 g/mol. The molecular formula is C22H36N2O6. The maximum absolute atomic E-state index is 11.2. The van der Waals surface area contributed by atoms with Crippen molar-refractivity contribution in [3.63, 3.8) is 0 Å². The van der Waals surface area contributed by atoms with Crippen LogP contribution in [0, 0.1) is 5.92 Å². The minimum atomic E-state index is -1.05. The Labute approximate surface area is 178 Å². The highest BCUT2D eigenvalue weighted by Crippen LogP contribution is 2.10. The van der Waals surface area contributed by atoms with Gasteiger partial charge in [0.1, 0.15) is 18.1 Å². The summed E-state index contributed by atoms with van der Waals surface area (Å²) in [6, 6.07) is 5.70. The van der Waals surface area contributed by atoms with Crippen LogP contribution in [-0.2, 0) is 27.2 Å². The van der Waals surface area contributed by atoms with E-state index < -0.39 is 36.0 Å². The number of nitrogens with two attached hydrogens (primary N) is 1. The molecule has 1 rings (SSSR count). The van der Waals surface area contributed by atoms with E-state index in [9.17, 15) is 14.4 Å². The molecule has 0 radical (unpaired) electrons. The first kappa shape index (κ1) is 27.5. The van der Waals surface area contributed by atoms with Crippen LogP contribution in [0.4, 0.5) is 0 Å². The van der Waals surface area contributed by atoms with E-state index in [1.807, 2.05) is 26.0 Å². The lowest BCUT2D eigenvalue weighted by atomic mass is 10.0. The summed E-state index contributed by atoms with van der Waals surface area (Å²) < 4.78 is 0. The van der Waals surface area contributed by atoms with Gasteiger partial charge in [0.25, 0.3) is 0 Å². The Bertz CT molecular complexity index is 660. The Kier molecular flexibility index (Phi) is 13.3. The number of aliphatic carboxylic acids is 3. The molecule has 170 valence electrons. The van der Waals surface area contributed by atoms with Crippen molar-refractivity contribution in [2.45, 2.75) is 77.9 Å². The average Bonchev–Trinajstić information content (AvgIpc) is 2.65. The molecule has 3 atom stereocenters. The number of benzene rings is 1. The lowest BCUT2D eigenvalue weighted by Crippen LogP contribution is -2.45. The molecule has 0 heterocycles. The summed E-state index contributed by atoms with van der Waals surface area (Å²) in [5, 5.41) is 28.9. The predicted octanol–water partition coefficient (Wildman–Crippen LogP) is 2.53. The van der Waals surface area contributed by atoms with Gasteiger partial charge in [0.2, 0.25) is 0 Å². The van der Waals surface area contributed by atoms with E-state index in [-0.39, 0.29) is 0 Å². The molecule has 1 aromatic rings. The maximum atomic E-state index is 11.2. The zero-order valence-electron chi connectivity index (χ0n) is 18.3. The van der Waals surface area contributed by atoms with Crippen molar-refractivity contribution in [1.29, 1.82) is 0 Å². The lowest BCUT2D eigenvalue weighted by Gasteiger charge is -2.17. The largest absolute Gasteiger partial charge is 0.480 e. The normalized spacial score (nSPS) is 13.7. The molecule has 1 unspecified atom stereocenters. The van der Waals surface area contributed by atoms with E-state index in [0.29, 0.717) is 25.2 Å². The van der Waals surface area contributed by atoms with Crippen LogP contribution in [-0.4, -0.2) is 51.4 Å². The molecule has 0 amide bonds. The lowest BCUT2D eigenvalue weighted by molar-refractivity contribution is -0.142. The van der Waals surface area contributed by atoms with E-state index in [1.165, 1.54) is 12.5 Å². The number of hydrogen-bond acceptors (Lipinski definition) is 5. The second-order valence-corrected chi connectivity index (χ2v) is 7.80. The fraction of sp³-hybridized carbons (Fsp3) is 0.591. The third-order valence-corrected chi connectivity index (χ3v) is 4.45. The number of rotatable bonds is 12. The first-order valence-corrected chi connectivity index (χ1v) is 10.3. The van der Waals surface area contributed by atoms with Crippen molar-refractivity contribution < 1.29 is 29.7 Å². The van der Waals surface area contributed by atoms with Crippen LogP contribution in [0.3, 0.4) is 0 Å². The zero-order chi connectivity index (χ0) is 23.3. The van der Waals surface area contributed by atoms with E-state index in [1.54, 1.807) is 0 Å². The van der Waals surface area contributed by atoms with E-state index >= 15 is 0 Å². The van der Waals surface area contributed by atoms with Gasteiger partial charge in [-0.1, -0.05) is 51.5 Å². The molecule has 0 fully saturated rings. The predicted molar refractivity (Wildman–Crippen MR) is 115 cm³/mol. The summed E-state index contributed by atoms with van der Waals surface area (Å²) in [4.78, 5) is 32.0. The van der Waals surface area contributed by atoms with Gasteiger partial charge in [-0.05, 0) is 49.7 Å². The molecular weight excluding hydrogens is 388 g/mol. The third-order valence-electron chi connectivity index (χ3n) is 4.45. The van der Waals surface area contributed by atoms with Crippen molar-refractivity contribution in [3.05, 3.63) is 35.4 Å². The summed E-state index contributed by atoms with van der Waals surface area (Å²) >= 11 is 0. The van der Waals surface area contributed by atoms with Crippen molar-refractivity contribution >= 4 is 17.9 Å². The quantitative estimate of drug-likeness (QED) is 0.343. The second kappa shape index (κ2) is 14.5. The molecule has 0 bridgehead atoms. The van der Waals surface area contributed by atoms with Crippen LogP contribution in [0.5, 0.6) is 0 Å². The van der Waals surface area contributed by atoms with Gasteiger partial charge >= 0.3 is 17.9 Å². The van der Waals surface area contributed by atoms with Gasteiger partial charge in [-0.25, -0.2) is 0 Å². The Morgan fingerprint density at radius 3 is 1.73 bits per heavy atom. The van der Waals surface area contributed by atoms with Crippen molar-refractivity contribution in [2.24, 2.45) is 11.7 Å². The third kappa shape index (κ3) is 12.2. The smallest absolute Gasteiger partial charge is 0.320 e. The van der Waals surface area contributed by atoms with Gasteiger partial charge in [-0.2, -0.15) is 0 Å². The van der Waals surface area contributed by atoms with Crippen LogP contribution in [0.15, 0.2) is 24.3 Å².